The topological polar surface area (TPSA) is 98.5 Å². The molecule has 160 valence electrons. The molecule has 3 aromatic heterocycles. The number of aromatic nitrogens is 1. The number of sulfonamides is 1. The van der Waals surface area contributed by atoms with Crippen molar-refractivity contribution >= 4 is 38.7 Å². The van der Waals surface area contributed by atoms with E-state index in [1.54, 1.807) is 6.92 Å². The zero-order valence-electron chi connectivity index (χ0n) is 16.4. The van der Waals surface area contributed by atoms with Crippen LogP contribution in [0.4, 0.5) is 0 Å². The maximum atomic E-state index is 12.6. The van der Waals surface area contributed by atoms with Gasteiger partial charge in [-0.3, -0.25) is 0 Å². The summed E-state index contributed by atoms with van der Waals surface area (Å²) < 4.78 is 38.6. The third-order valence-electron chi connectivity index (χ3n) is 4.36. The number of thiophene rings is 2. The number of nitrogens with zero attached hydrogens (tertiary/aromatic N) is 1. The fraction of sp³-hybridized carbons (Fsp3) is 0.143. The molecule has 0 aliphatic heterocycles. The molecule has 0 bridgehead atoms. The van der Waals surface area contributed by atoms with Crippen LogP contribution < -0.4 is 4.72 Å². The number of hydrogen-bond donors (Lipinski definition) is 1. The van der Waals surface area contributed by atoms with Crippen LogP contribution in [0.15, 0.2) is 68.6 Å². The Balaban J connectivity index is 1.42. The normalized spacial score (nSPS) is 11.5. The minimum atomic E-state index is -3.77. The van der Waals surface area contributed by atoms with Crippen molar-refractivity contribution in [3.63, 3.8) is 0 Å². The summed E-state index contributed by atoms with van der Waals surface area (Å²) >= 11 is 2.96. The van der Waals surface area contributed by atoms with Crippen molar-refractivity contribution in [3.8, 4) is 10.8 Å². The van der Waals surface area contributed by atoms with Gasteiger partial charge in [-0.1, -0.05) is 18.2 Å². The quantitative estimate of drug-likeness (QED) is 0.375. The molecular formula is C21H18N2O5S3. The van der Waals surface area contributed by atoms with Gasteiger partial charge in [0, 0.05) is 11.4 Å². The summed E-state index contributed by atoms with van der Waals surface area (Å²) in [7, 11) is -3.77. The summed E-state index contributed by atoms with van der Waals surface area (Å²) in [6, 6.07) is 13.2. The van der Waals surface area contributed by atoms with Crippen LogP contribution in [-0.2, 0) is 27.9 Å². The van der Waals surface area contributed by atoms with Crippen LogP contribution in [0.2, 0.25) is 0 Å². The summed E-state index contributed by atoms with van der Waals surface area (Å²) in [4.78, 5) is 18.7. The maximum absolute atomic E-state index is 12.6. The molecule has 10 heteroatoms. The highest BCUT2D eigenvalue weighted by molar-refractivity contribution is 7.89. The van der Waals surface area contributed by atoms with Crippen molar-refractivity contribution in [2.24, 2.45) is 0 Å². The average molecular weight is 475 g/mol. The molecule has 0 amide bonds. The van der Waals surface area contributed by atoms with Gasteiger partial charge in [0.05, 0.1) is 15.3 Å². The van der Waals surface area contributed by atoms with Crippen molar-refractivity contribution in [1.82, 2.24) is 9.71 Å². The summed E-state index contributed by atoms with van der Waals surface area (Å²) in [6.45, 7) is 1.86. The molecule has 0 aliphatic carbocycles. The van der Waals surface area contributed by atoms with Crippen LogP contribution in [0.25, 0.3) is 10.8 Å². The number of ether oxygens (including phenoxy) is 1. The lowest BCUT2D eigenvalue weighted by atomic mass is 10.2. The smallest absolute Gasteiger partial charge is 0.338 e. The number of esters is 1. The van der Waals surface area contributed by atoms with Gasteiger partial charge in [-0.05, 0) is 48.0 Å². The first-order valence-corrected chi connectivity index (χ1v) is 12.5. The van der Waals surface area contributed by atoms with E-state index in [0.717, 1.165) is 9.75 Å². The van der Waals surface area contributed by atoms with Gasteiger partial charge in [0.1, 0.15) is 18.1 Å². The highest BCUT2D eigenvalue weighted by atomic mass is 32.2. The summed E-state index contributed by atoms with van der Waals surface area (Å²) in [5.41, 5.74) is 0.650. The van der Waals surface area contributed by atoms with Gasteiger partial charge in [-0.15, -0.1) is 22.7 Å². The van der Waals surface area contributed by atoms with E-state index in [2.05, 4.69) is 9.71 Å². The largest absolute Gasteiger partial charge is 0.455 e. The summed E-state index contributed by atoms with van der Waals surface area (Å²) in [5.74, 6) is 0.393. The minimum absolute atomic E-state index is 0.00361. The third kappa shape index (κ3) is 5.10. The van der Waals surface area contributed by atoms with Gasteiger partial charge in [0.25, 0.3) is 0 Å². The minimum Gasteiger partial charge on any atom is -0.455 e. The molecule has 0 unspecified atom stereocenters. The predicted octanol–water partition coefficient (Wildman–Crippen LogP) is 4.61. The standard InChI is InChI=1S/C21H18N2O5S3/c1-14-18(23-20(28-14)19-8-4-10-30-19)13-27-21(24)15-5-2-7-17(11-15)31(25,26)22-12-16-6-3-9-29-16/h2-11,22H,12-13H2,1H3. The first-order chi connectivity index (χ1) is 14.9. The number of carbonyl (C=O) groups excluding carboxylic acids is 1. The van der Waals surface area contributed by atoms with E-state index in [4.69, 9.17) is 9.15 Å². The molecule has 0 spiro atoms. The zero-order valence-corrected chi connectivity index (χ0v) is 18.9. The second-order valence-electron chi connectivity index (χ2n) is 6.51. The molecule has 31 heavy (non-hydrogen) atoms. The van der Waals surface area contributed by atoms with Crippen LogP contribution >= 0.6 is 22.7 Å². The first-order valence-electron chi connectivity index (χ1n) is 9.22. The first kappa shape index (κ1) is 21.4. The Bertz CT molecular complexity index is 1280. The fourth-order valence-electron chi connectivity index (χ4n) is 2.74. The van der Waals surface area contributed by atoms with Crippen LogP contribution in [0.5, 0.6) is 0 Å². The molecule has 4 aromatic rings. The van der Waals surface area contributed by atoms with Crippen LogP contribution in [0, 0.1) is 6.92 Å². The summed E-state index contributed by atoms with van der Waals surface area (Å²) in [6.07, 6.45) is 0. The van der Waals surface area contributed by atoms with Crippen molar-refractivity contribution in [2.75, 3.05) is 0 Å². The highest BCUT2D eigenvalue weighted by Crippen LogP contribution is 2.26. The molecule has 0 saturated carbocycles. The third-order valence-corrected chi connectivity index (χ3v) is 7.49. The average Bonchev–Trinajstić information content (AvgIpc) is 3.53. The molecule has 0 fully saturated rings. The van der Waals surface area contributed by atoms with E-state index in [9.17, 15) is 13.2 Å². The number of nitrogens with one attached hydrogen (secondary N) is 1. The number of hydrogen-bond acceptors (Lipinski definition) is 8. The molecule has 7 nitrogen and oxygen atoms in total. The Labute approximate surface area is 187 Å². The lowest BCUT2D eigenvalue weighted by Gasteiger charge is -2.08. The maximum Gasteiger partial charge on any atom is 0.338 e. The molecule has 0 saturated heterocycles. The predicted molar refractivity (Wildman–Crippen MR) is 118 cm³/mol. The molecule has 0 aliphatic rings. The van der Waals surface area contributed by atoms with Gasteiger partial charge in [0.15, 0.2) is 0 Å². The second-order valence-corrected chi connectivity index (χ2v) is 10.3. The molecular weight excluding hydrogens is 456 g/mol. The zero-order chi connectivity index (χ0) is 21.8. The van der Waals surface area contributed by atoms with E-state index in [1.807, 2.05) is 35.0 Å². The van der Waals surface area contributed by atoms with Crippen molar-refractivity contribution in [1.29, 1.82) is 0 Å². The van der Waals surface area contributed by atoms with Crippen LogP contribution in [-0.4, -0.2) is 19.4 Å². The molecule has 4 rings (SSSR count). The molecule has 1 aromatic carbocycles. The van der Waals surface area contributed by atoms with Gasteiger partial charge < -0.3 is 9.15 Å². The SMILES string of the molecule is Cc1oc(-c2cccs2)nc1COC(=O)c1cccc(S(=O)(=O)NCc2cccs2)c1. The molecule has 0 atom stereocenters. The van der Waals surface area contributed by atoms with Crippen LogP contribution in [0.1, 0.15) is 26.7 Å². The van der Waals surface area contributed by atoms with Crippen molar-refractivity contribution in [2.45, 2.75) is 25.0 Å². The van der Waals surface area contributed by atoms with Gasteiger partial charge in [0.2, 0.25) is 15.9 Å². The number of benzene rings is 1. The number of carbonyl (C=O) groups is 1. The van der Waals surface area contributed by atoms with Crippen molar-refractivity contribution < 1.29 is 22.4 Å². The van der Waals surface area contributed by atoms with Gasteiger partial charge in [-0.2, -0.15) is 0 Å². The Morgan fingerprint density at radius 3 is 2.68 bits per heavy atom. The molecule has 1 N–H and O–H groups in total. The van der Waals surface area contributed by atoms with Gasteiger partial charge in [-0.25, -0.2) is 22.9 Å². The Morgan fingerprint density at radius 2 is 1.94 bits per heavy atom. The van der Waals surface area contributed by atoms with Crippen LogP contribution in [0.3, 0.4) is 0 Å². The monoisotopic (exact) mass is 474 g/mol. The number of oxazole rings is 1. The Kier molecular flexibility index (Phi) is 6.33. The van der Waals surface area contributed by atoms with E-state index in [0.29, 0.717) is 17.3 Å². The highest BCUT2D eigenvalue weighted by Gasteiger charge is 2.18. The van der Waals surface area contributed by atoms with E-state index >= 15 is 0 Å². The Hall–Kier alpha value is -2.79. The second kappa shape index (κ2) is 9.15. The van der Waals surface area contributed by atoms with E-state index < -0.39 is 16.0 Å². The molecule has 3 heterocycles. The lowest BCUT2D eigenvalue weighted by Crippen LogP contribution is -2.23. The Morgan fingerprint density at radius 1 is 1.13 bits per heavy atom. The number of rotatable bonds is 8. The number of aryl methyl sites for hydroxylation is 1. The lowest BCUT2D eigenvalue weighted by molar-refractivity contribution is 0.0466. The summed E-state index contributed by atoms with van der Waals surface area (Å²) in [5, 5.41) is 3.80. The fourth-order valence-corrected chi connectivity index (χ4v) is 5.17. The van der Waals surface area contributed by atoms with E-state index in [-0.39, 0.29) is 23.6 Å². The van der Waals surface area contributed by atoms with Gasteiger partial charge >= 0.3 is 5.97 Å². The molecule has 0 radical (unpaired) electrons. The van der Waals surface area contributed by atoms with Crippen molar-refractivity contribution in [3.05, 3.63) is 81.2 Å². The van der Waals surface area contributed by atoms with E-state index in [1.165, 1.54) is 46.9 Å².